The molecule has 0 aliphatic rings. The van der Waals surface area contributed by atoms with Crippen LogP contribution in [-0.4, -0.2) is 26.7 Å². The topological polar surface area (TPSA) is 77.0 Å². The van der Waals surface area contributed by atoms with Gasteiger partial charge in [-0.2, -0.15) is 13.7 Å². The van der Waals surface area contributed by atoms with Crippen molar-refractivity contribution < 1.29 is 9.53 Å². The third-order valence-electron chi connectivity index (χ3n) is 2.97. The van der Waals surface area contributed by atoms with E-state index < -0.39 is 0 Å². The maximum Gasteiger partial charge on any atom is 0.260 e. The predicted molar refractivity (Wildman–Crippen MR) is 86.7 cm³/mol. The molecule has 1 amide bonds. The van der Waals surface area contributed by atoms with Crippen LogP contribution in [0.3, 0.4) is 0 Å². The van der Waals surface area contributed by atoms with E-state index in [0.717, 1.165) is 22.8 Å². The standard InChI is InChI=1S/C14H12N4O2S2/c1-8-11(7-21-17-8)13(19)16-14-15-12(18-22-14)9-4-3-5-10(6-9)20-2/h3-7H,1-2H3,(H,15,16,18,19). The van der Waals surface area contributed by atoms with Crippen molar-refractivity contribution in [2.75, 3.05) is 12.4 Å². The Hall–Kier alpha value is -2.32. The molecule has 0 bridgehead atoms. The van der Waals surface area contributed by atoms with Crippen molar-refractivity contribution in [2.24, 2.45) is 0 Å². The lowest BCUT2D eigenvalue weighted by Crippen LogP contribution is -2.12. The van der Waals surface area contributed by atoms with E-state index >= 15 is 0 Å². The second-order valence-corrected chi connectivity index (χ2v) is 5.80. The number of aryl methyl sites for hydroxylation is 1. The van der Waals surface area contributed by atoms with Crippen molar-refractivity contribution in [1.82, 2.24) is 13.7 Å². The Bertz CT molecular complexity index is 813. The van der Waals surface area contributed by atoms with Crippen LogP contribution >= 0.6 is 23.1 Å². The Labute approximate surface area is 135 Å². The van der Waals surface area contributed by atoms with Crippen LogP contribution in [0, 0.1) is 6.92 Å². The van der Waals surface area contributed by atoms with Crippen LogP contribution in [0.1, 0.15) is 16.1 Å². The molecule has 0 aliphatic carbocycles. The van der Waals surface area contributed by atoms with Crippen molar-refractivity contribution in [3.8, 4) is 17.1 Å². The molecule has 0 fully saturated rings. The predicted octanol–water partition coefficient (Wildman–Crippen LogP) is 3.23. The van der Waals surface area contributed by atoms with Crippen LogP contribution in [0.25, 0.3) is 11.4 Å². The highest BCUT2D eigenvalue weighted by molar-refractivity contribution is 7.10. The molecular weight excluding hydrogens is 320 g/mol. The maximum atomic E-state index is 12.1. The Morgan fingerprint density at radius 2 is 2.18 bits per heavy atom. The number of amides is 1. The van der Waals surface area contributed by atoms with Crippen LogP contribution in [0.15, 0.2) is 29.6 Å². The molecule has 3 aromatic rings. The first-order chi connectivity index (χ1) is 10.7. The van der Waals surface area contributed by atoms with Gasteiger partial charge in [-0.25, -0.2) is 0 Å². The summed E-state index contributed by atoms with van der Waals surface area (Å²) in [5, 5.41) is 4.91. The number of hydrogen-bond acceptors (Lipinski definition) is 7. The number of nitrogens with zero attached hydrogens (tertiary/aromatic N) is 3. The molecule has 0 unspecified atom stereocenters. The molecule has 0 atom stereocenters. The number of carbonyl (C=O) groups excluding carboxylic acids is 1. The first kappa shape index (κ1) is 14.6. The van der Waals surface area contributed by atoms with Crippen LogP contribution < -0.4 is 10.1 Å². The summed E-state index contributed by atoms with van der Waals surface area (Å²) in [5.74, 6) is 1.07. The van der Waals surface area contributed by atoms with Crippen LogP contribution in [-0.2, 0) is 0 Å². The number of aromatic nitrogens is 3. The van der Waals surface area contributed by atoms with Crippen LogP contribution in [0.2, 0.25) is 0 Å². The van der Waals surface area contributed by atoms with E-state index in [1.165, 1.54) is 11.5 Å². The van der Waals surface area contributed by atoms with Crippen LogP contribution in [0.5, 0.6) is 5.75 Å². The number of ether oxygens (including phenoxy) is 1. The van der Waals surface area contributed by atoms with E-state index in [-0.39, 0.29) is 5.91 Å². The first-order valence-corrected chi connectivity index (χ1v) is 7.99. The van der Waals surface area contributed by atoms with E-state index in [9.17, 15) is 4.79 Å². The minimum Gasteiger partial charge on any atom is -0.497 e. The van der Waals surface area contributed by atoms with Gasteiger partial charge in [-0.3, -0.25) is 10.1 Å². The average molecular weight is 332 g/mol. The summed E-state index contributed by atoms with van der Waals surface area (Å²) in [4.78, 5) is 16.5. The zero-order valence-electron chi connectivity index (χ0n) is 11.9. The SMILES string of the molecule is COc1cccc(-c2nsc(NC(=O)c3csnc3C)n2)c1. The highest BCUT2D eigenvalue weighted by Gasteiger charge is 2.14. The molecule has 3 rings (SSSR count). The van der Waals surface area contributed by atoms with Crippen LogP contribution in [0.4, 0.5) is 5.13 Å². The number of nitrogens with one attached hydrogen (secondary N) is 1. The third kappa shape index (κ3) is 2.97. The summed E-state index contributed by atoms with van der Waals surface area (Å²) in [7, 11) is 1.61. The number of rotatable bonds is 4. The minimum absolute atomic E-state index is 0.223. The highest BCUT2D eigenvalue weighted by Crippen LogP contribution is 2.25. The quantitative estimate of drug-likeness (QED) is 0.794. The lowest BCUT2D eigenvalue weighted by Gasteiger charge is -2.01. The number of benzene rings is 1. The molecule has 0 spiro atoms. The molecule has 0 saturated heterocycles. The molecule has 0 radical (unpaired) electrons. The number of hydrogen-bond donors (Lipinski definition) is 1. The third-order valence-corrected chi connectivity index (χ3v) is 4.32. The monoisotopic (exact) mass is 332 g/mol. The van der Waals surface area contributed by atoms with Crippen molar-refractivity contribution in [3.63, 3.8) is 0 Å². The van der Waals surface area contributed by atoms with Gasteiger partial charge in [0.15, 0.2) is 5.82 Å². The van der Waals surface area contributed by atoms with Crippen molar-refractivity contribution in [2.45, 2.75) is 6.92 Å². The lowest BCUT2D eigenvalue weighted by atomic mass is 10.2. The van der Waals surface area contributed by atoms with Gasteiger partial charge in [0.05, 0.1) is 18.4 Å². The zero-order valence-corrected chi connectivity index (χ0v) is 13.5. The summed E-state index contributed by atoms with van der Waals surface area (Å²) in [6.45, 7) is 1.80. The summed E-state index contributed by atoms with van der Waals surface area (Å²) >= 11 is 2.39. The smallest absolute Gasteiger partial charge is 0.260 e. The molecule has 22 heavy (non-hydrogen) atoms. The van der Waals surface area contributed by atoms with E-state index in [1.807, 2.05) is 24.3 Å². The molecule has 2 heterocycles. The minimum atomic E-state index is -0.223. The van der Waals surface area contributed by atoms with Crippen molar-refractivity contribution >= 4 is 34.1 Å². The van der Waals surface area contributed by atoms with E-state index in [2.05, 4.69) is 19.0 Å². The summed E-state index contributed by atoms with van der Waals surface area (Å²) in [5.41, 5.74) is 2.10. The fourth-order valence-corrected chi connectivity index (χ4v) is 3.11. The molecule has 0 saturated carbocycles. The van der Waals surface area contributed by atoms with Gasteiger partial charge in [-0.15, -0.1) is 0 Å². The van der Waals surface area contributed by atoms with E-state index in [4.69, 9.17) is 4.74 Å². The molecule has 0 aliphatic heterocycles. The summed E-state index contributed by atoms with van der Waals surface area (Å²) in [6, 6.07) is 7.46. The first-order valence-electron chi connectivity index (χ1n) is 6.38. The van der Waals surface area contributed by atoms with Crippen molar-refractivity contribution in [3.05, 3.63) is 40.9 Å². The lowest BCUT2D eigenvalue weighted by molar-refractivity contribution is 0.102. The second kappa shape index (κ2) is 6.20. The fraction of sp³-hybridized carbons (Fsp3) is 0.143. The summed E-state index contributed by atoms with van der Waals surface area (Å²) < 4.78 is 13.5. The number of anilines is 1. The second-order valence-electron chi connectivity index (χ2n) is 4.42. The van der Waals surface area contributed by atoms with Gasteiger partial charge in [-0.05, 0) is 30.6 Å². The summed E-state index contributed by atoms with van der Waals surface area (Å²) in [6.07, 6.45) is 0. The molecule has 1 aromatic carbocycles. The molecule has 2 aromatic heterocycles. The largest absolute Gasteiger partial charge is 0.497 e. The molecule has 6 nitrogen and oxygen atoms in total. The van der Waals surface area contributed by atoms with E-state index in [1.54, 1.807) is 19.4 Å². The Kier molecular flexibility index (Phi) is 4.12. The van der Waals surface area contributed by atoms with Gasteiger partial charge in [0.25, 0.3) is 5.91 Å². The van der Waals surface area contributed by atoms with Gasteiger partial charge in [0, 0.05) is 22.5 Å². The molecule has 8 heteroatoms. The Morgan fingerprint density at radius 1 is 1.32 bits per heavy atom. The van der Waals surface area contributed by atoms with Gasteiger partial charge in [0.2, 0.25) is 5.13 Å². The molecular formula is C14H12N4O2S2. The number of carbonyl (C=O) groups is 1. The normalized spacial score (nSPS) is 10.5. The highest BCUT2D eigenvalue weighted by atomic mass is 32.1. The zero-order chi connectivity index (χ0) is 15.5. The average Bonchev–Trinajstić information content (AvgIpc) is 3.16. The Balaban J connectivity index is 1.79. The van der Waals surface area contributed by atoms with Gasteiger partial charge < -0.3 is 4.74 Å². The number of methoxy groups -OCH3 is 1. The van der Waals surface area contributed by atoms with Gasteiger partial charge in [-0.1, -0.05) is 12.1 Å². The maximum absolute atomic E-state index is 12.1. The molecule has 112 valence electrons. The Morgan fingerprint density at radius 3 is 2.91 bits per heavy atom. The van der Waals surface area contributed by atoms with Crippen molar-refractivity contribution in [1.29, 1.82) is 0 Å². The fourth-order valence-electron chi connectivity index (χ4n) is 1.83. The molecule has 1 N–H and O–H groups in total. The van der Waals surface area contributed by atoms with E-state index in [0.29, 0.717) is 22.2 Å². The van der Waals surface area contributed by atoms with Gasteiger partial charge in [0.1, 0.15) is 5.75 Å². The van der Waals surface area contributed by atoms with Gasteiger partial charge >= 0.3 is 0 Å².